The van der Waals surface area contributed by atoms with Crippen LogP contribution in [0.4, 0.5) is 11.4 Å². The number of rotatable bonds is 7. The Morgan fingerprint density at radius 1 is 0.853 bits per heavy atom. The van der Waals surface area contributed by atoms with Crippen LogP contribution < -0.4 is 19.7 Å². The fraction of sp³-hybridized carbons (Fsp3) is 0.296. The van der Waals surface area contributed by atoms with Crippen LogP contribution in [0.5, 0.6) is 11.5 Å². The predicted molar refractivity (Wildman–Crippen MR) is 137 cm³/mol. The molecule has 1 amide bonds. The number of thioether (sulfide) groups is 1. The molecule has 1 saturated heterocycles. The van der Waals surface area contributed by atoms with Gasteiger partial charge in [-0.25, -0.2) is 0 Å². The zero-order valence-corrected chi connectivity index (χ0v) is 19.9. The van der Waals surface area contributed by atoms with E-state index in [1.807, 2.05) is 30.3 Å². The number of amides is 1. The Bertz CT molecular complexity index is 1100. The average Bonchev–Trinajstić information content (AvgIpc) is 2.89. The minimum Gasteiger partial charge on any atom is -0.486 e. The monoisotopic (exact) mass is 475 g/mol. The molecule has 34 heavy (non-hydrogen) atoms. The van der Waals surface area contributed by atoms with Crippen LogP contribution in [-0.2, 0) is 11.3 Å². The number of anilines is 2. The van der Waals surface area contributed by atoms with E-state index in [1.165, 1.54) is 23.0 Å². The van der Waals surface area contributed by atoms with Gasteiger partial charge in [0.25, 0.3) is 0 Å². The van der Waals surface area contributed by atoms with E-state index < -0.39 is 0 Å². The molecule has 3 aromatic carbocycles. The summed E-state index contributed by atoms with van der Waals surface area (Å²) < 4.78 is 11.2. The molecule has 6 nitrogen and oxygen atoms in total. The van der Waals surface area contributed by atoms with E-state index in [9.17, 15) is 4.79 Å². The van der Waals surface area contributed by atoms with Gasteiger partial charge in [-0.1, -0.05) is 30.3 Å². The smallest absolute Gasteiger partial charge is 0.234 e. The lowest BCUT2D eigenvalue weighted by atomic mass is 10.2. The third kappa shape index (κ3) is 5.85. The number of ether oxygens (including phenoxy) is 2. The first-order valence-electron chi connectivity index (χ1n) is 11.7. The van der Waals surface area contributed by atoms with Gasteiger partial charge in [-0.2, -0.15) is 0 Å². The molecule has 0 aliphatic carbocycles. The molecular formula is C27H29N3O3S. The second kappa shape index (κ2) is 10.8. The van der Waals surface area contributed by atoms with Crippen LogP contribution in [0.25, 0.3) is 0 Å². The third-order valence-corrected chi connectivity index (χ3v) is 7.01. The Hall–Kier alpha value is -3.16. The number of fused-ring (bicyclic) bond motifs is 1. The minimum atomic E-state index is -0.0258. The van der Waals surface area contributed by atoms with Crippen molar-refractivity contribution in [2.24, 2.45) is 0 Å². The number of benzene rings is 3. The Balaban J connectivity index is 1.08. The van der Waals surface area contributed by atoms with Crippen molar-refractivity contribution in [3.8, 4) is 11.5 Å². The Labute approximate surface area is 204 Å². The number of nitrogens with zero attached hydrogens (tertiary/aromatic N) is 2. The molecule has 0 unspecified atom stereocenters. The molecule has 2 aliphatic rings. The molecule has 0 spiro atoms. The lowest BCUT2D eigenvalue weighted by molar-refractivity contribution is -0.113. The molecule has 7 heteroatoms. The van der Waals surface area contributed by atoms with E-state index in [4.69, 9.17) is 9.47 Å². The minimum absolute atomic E-state index is 0.0258. The first-order valence-corrected chi connectivity index (χ1v) is 12.7. The van der Waals surface area contributed by atoms with Crippen molar-refractivity contribution in [3.63, 3.8) is 0 Å². The van der Waals surface area contributed by atoms with Gasteiger partial charge in [-0.3, -0.25) is 9.69 Å². The molecule has 176 valence electrons. The van der Waals surface area contributed by atoms with E-state index in [0.29, 0.717) is 19.0 Å². The highest BCUT2D eigenvalue weighted by atomic mass is 32.2. The summed E-state index contributed by atoms with van der Waals surface area (Å²) in [4.78, 5) is 18.3. The lowest BCUT2D eigenvalue weighted by Crippen LogP contribution is -2.45. The van der Waals surface area contributed by atoms with Gasteiger partial charge in [-0.15, -0.1) is 11.8 Å². The van der Waals surface area contributed by atoms with Gasteiger partial charge in [0.2, 0.25) is 5.91 Å². The van der Waals surface area contributed by atoms with Crippen LogP contribution in [0.2, 0.25) is 0 Å². The first-order chi connectivity index (χ1) is 16.7. The lowest BCUT2D eigenvalue weighted by Gasteiger charge is -2.36. The summed E-state index contributed by atoms with van der Waals surface area (Å²) >= 11 is 1.49. The molecule has 0 atom stereocenters. The van der Waals surface area contributed by atoms with Crippen LogP contribution in [-0.4, -0.2) is 56.0 Å². The number of carbonyl (C=O) groups excluding carboxylic acids is 1. The van der Waals surface area contributed by atoms with Crippen molar-refractivity contribution in [1.29, 1.82) is 0 Å². The molecule has 5 rings (SSSR count). The fourth-order valence-electron chi connectivity index (χ4n) is 4.22. The van der Waals surface area contributed by atoms with Crippen LogP contribution in [0.1, 0.15) is 5.56 Å². The maximum absolute atomic E-state index is 12.4. The average molecular weight is 476 g/mol. The zero-order chi connectivity index (χ0) is 23.2. The Kier molecular flexibility index (Phi) is 7.22. The first kappa shape index (κ1) is 22.6. The van der Waals surface area contributed by atoms with Gasteiger partial charge >= 0.3 is 0 Å². The number of nitrogens with one attached hydrogen (secondary N) is 1. The fourth-order valence-corrected chi connectivity index (χ4v) is 4.95. The van der Waals surface area contributed by atoms with Crippen molar-refractivity contribution in [2.75, 3.05) is 55.4 Å². The number of piperazine rings is 1. The summed E-state index contributed by atoms with van der Waals surface area (Å²) in [7, 11) is 0. The van der Waals surface area contributed by atoms with Gasteiger partial charge in [0, 0.05) is 49.0 Å². The molecule has 0 bridgehead atoms. The standard InChI is InChI=1S/C27H29N3O3S/c31-27(20-34-24-10-11-25-26(18-24)33-17-16-32-25)28-22-6-8-23(9-7-22)30-14-12-29(13-15-30)19-21-4-2-1-3-5-21/h1-11,18H,12-17,19-20H2,(H,28,31). The van der Waals surface area contributed by atoms with Gasteiger partial charge < -0.3 is 19.7 Å². The van der Waals surface area contributed by atoms with Crippen molar-refractivity contribution in [3.05, 3.63) is 78.4 Å². The third-order valence-electron chi connectivity index (χ3n) is 6.02. The second-order valence-electron chi connectivity index (χ2n) is 8.44. The zero-order valence-electron chi connectivity index (χ0n) is 19.1. The topological polar surface area (TPSA) is 54.0 Å². The molecule has 1 fully saturated rings. The molecule has 2 heterocycles. The van der Waals surface area contributed by atoms with Gasteiger partial charge in [0.1, 0.15) is 13.2 Å². The maximum Gasteiger partial charge on any atom is 0.234 e. The number of carbonyl (C=O) groups is 1. The second-order valence-corrected chi connectivity index (χ2v) is 9.49. The highest BCUT2D eigenvalue weighted by Crippen LogP contribution is 2.34. The Morgan fingerprint density at radius 2 is 1.59 bits per heavy atom. The predicted octanol–water partition coefficient (Wildman–Crippen LogP) is 4.51. The van der Waals surface area contributed by atoms with Crippen molar-refractivity contribution in [1.82, 2.24) is 4.90 Å². The largest absolute Gasteiger partial charge is 0.486 e. The summed E-state index contributed by atoms with van der Waals surface area (Å²) in [6, 6.07) is 24.6. The van der Waals surface area contributed by atoms with E-state index in [1.54, 1.807) is 0 Å². The maximum atomic E-state index is 12.4. The summed E-state index contributed by atoms with van der Waals surface area (Å²) in [6.45, 7) is 6.24. The van der Waals surface area contributed by atoms with Gasteiger partial charge in [-0.05, 0) is 48.0 Å². The molecule has 0 radical (unpaired) electrons. The van der Waals surface area contributed by atoms with Crippen LogP contribution in [0, 0.1) is 0 Å². The molecule has 0 aromatic heterocycles. The normalized spacial score (nSPS) is 15.7. The summed E-state index contributed by atoms with van der Waals surface area (Å²) in [5, 5.41) is 3.00. The molecular weight excluding hydrogens is 446 g/mol. The van der Waals surface area contributed by atoms with Crippen molar-refractivity contribution < 1.29 is 14.3 Å². The molecule has 1 N–H and O–H groups in total. The number of hydrogen-bond donors (Lipinski definition) is 1. The number of hydrogen-bond acceptors (Lipinski definition) is 6. The van der Waals surface area contributed by atoms with Crippen molar-refractivity contribution >= 4 is 29.0 Å². The van der Waals surface area contributed by atoms with E-state index in [0.717, 1.165) is 54.8 Å². The highest BCUT2D eigenvalue weighted by Gasteiger charge is 2.17. The van der Waals surface area contributed by atoms with E-state index in [2.05, 4.69) is 57.6 Å². The summed E-state index contributed by atoms with van der Waals surface area (Å²) in [5.41, 5.74) is 3.38. The van der Waals surface area contributed by atoms with Crippen LogP contribution >= 0.6 is 11.8 Å². The summed E-state index contributed by atoms with van der Waals surface area (Å²) in [6.07, 6.45) is 0. The SMILES string of the molecule is O=C(CSc1ccc2c(c1)OCCO2)Nc1ccc(N2CCN(Cc3ccccc3)CC2)cc1. The molecule has 0 saturated carbocycles. The van der Waals surface area contributed by atoms with E-state index >= 15 is 0 Å². The quantitative estimate of drug-likeness (QED) is 0.508. The van der Waals surface area contributed by atoms with E-state index in [-0.39, 0.29) is 5.91 Å². The summed E-state index contributed by atoms with van der Waals surface area (Å²) in [5.74, 6) is 1.82. The highest BCUT2D eigenvalue weighted by molar-refractivity contribution is 8.00. The van der Waals surface area contributed by atoms with Crippen LogP contribution in [0.15, 0.2) is 77.7 Å². The van der Waals surface area contributed by atoms with Crippen LogP contribution in [0.3, 0.4) is 0 Å². The van der Waals surface area contributed by atoms with Gasteiger partial charge in [0.15, 0.2) is 11.5 Å². The molecule has 2 aliphatic heterocycles. The van der Waals surface area contributed by atoms with Gasteiger partial charge in [0.05, 0.1) is 5.75 Å². The molecule has 3 aromatic rings. The Morgan fingerprint density at radius 3 is 2.35 bits per heavy atom. The van der Waals surface area contributed by atoms with Crippen molar-refractivity contribution in [2.45, 2.75) is 11.4 Å².